The molecule has 3 nitrogen and oxygen atoms in total. The van der Waals surface area contributed by atoms with Gasteiger partial charge in [-0.3, -0.25) is 4.90 Å². The molecule has 4 heteroatoms. The van der Waals surface area contributed by atoms with Crippen molar-refractivity contribution in [2.24, 2.45) is 0 Å². The predicted octanol–water partition coefficient (Wildman–Crippen LogP) is 3.44. The van der Waals surface area contributed by atoms with Crippen LogP contribution >= 0.6 is 11.3 Å². The van der Waals surface area contributed by atoms with E-state index in [4.69, 9.17) is 0 Å². The summed E-state index contributed by atoms with van der Waals surface area (Å²) < 4.78 is 0. The van der Waals surface area contributed by atoms with Crippen molar-refractivity contribution in [3.8, 4) is 0 Å². The van der Waals surface area contributed by atoms with Gasteiger partial charge in [0.25, 0.3) is 0 Å². The zero-order valence-electron chi connectivity index (χ0n) is 12.1. The second-order valence-electron chi connectivity index (χ2n) is 5.55. The quantitative estimate of drug-likeness (QED) is 0.933. The van der Waals surface area contributed by atoms with E-state index in [0.29, 0.717) is 0 Å². The van der Waals surface area contributed by atoms with Crippen molar-refractivity contribution in [3.63, 3.8) is 0 Å². The maximum Gasteiger partial charge on any atom is 0.0897 e. The molecule has 1 aromatic carbocycles. The van der Waals surface area contributed by atoms with E-state index in [9.17, 15) is 0 Å². The normalized spacial score (nSPS) is 14.2. The molecule has 0 spiro atoms. The van der Waals surface area contributed by atoms with E-state index in [1.54, 1.807) is 11.3 Å². The van der Waals surface area contributed by atoms with Crippen molar-refractivity contribution in [1.82, 2.24) is 9.88 Å². The molecule has 0 saturated heterocycles. The van der Waals surface area contributed by atoms with Gasteiger partial charge < -0.3 is 5.32 Å². The Kier molecular flexibility index (Phi) is 4.03. The molecule has 1 aromatic heterocycles. The summed E-state index contributed by atoms with van der Waals surface area (Å²) in [6.07, 6.45) is 2.44. The Labute approximate surface area is 124 Å². The number of fused-ring (bicyclic) bond motifs is 1. The van der Waals surface area contributed by atoms with Crippen LogP contribution in [0.25, 0.3) is 0 Å². The molecule has 0 radical (unpaired) electrons. The lowest BCUT2D eigenvalue weighted by molar-refractivity contribution is 0.315. The first-order valence-corrected chi connectivity index (χ1v) is 8.04. The van der Waals surface area contributed by atoms with Crippen LogP contribution in [0.3, 0.4) is 0 Å². The number of aromatic nitrogens is 1. The molecule has 0 aliphatic carbocycles. The van der Waals surface area contributed by atoms with Crippen LogP contribution in [0.1, 0.15) is 28.2 Å². The van der Waals surface area contributed by atoms with Crippen LogP contribution in [0.2, 0.25) is 0 Å². The summed E-state index contributed by atoms with van der Waals surface area (Å²) in [5.41, 5.74) is 5.35. The molecule has 1 N–H and O–H groups in total. The molecule has 20 heavy (non-hydrogen) atoms. The van der Waals surface area contributed by atoms with Gasteiger partial charge in [0.15, 0.2) is 0 Å². The number of benzene rings is 1. The van der Waals surface area contributed by atoms with E-state index < -0.39 is 0 Å². The van der Waals surface area contributed by atoms with Crippen molar-refractivity contribution >= 4 is 17.0 Å². The number of thiazole rings is 1. The highest BCUT2D eigenvalue weighted by Gasteiger charge is 2.10. The van der Waals surface area contributed by atoms with Gasteiger partial charge in [-0.2, -0.15) is 0 Å². The lowest BCUT2D eigenvalue weighted by atomic mass is 10.0. The van der Waals surface area contributed by atoms with Crippen molar-refractivity contribution in [2.45, 2.75) is 32.9 Å². The number of nitrogens with zero attached hydrogens (tertiary/aromatic N) is 2. The summed E-state index contributed by atoms with van der Waals surface area (Å²) in [4.78, 5) is 6.86. The number of nitrogens with one attached hydrogen (secondary N) is 1. The smallest absolute Gasteiger partial charge is 0.0897 e. The highest BCUT2D eigenvalue weighted by molar-refractivity contribution is 7.09. The van der Waals surface area contributed by atoms with Gasteiger partial charge in [0.2, 0.25) is 0 Å². The third-order valence-corrected chi connectivity index (χ3v) is 4.48. The van der Waals surface area contributed by atoms with Crippen molar-refractivity contribution in [3.05, 3.63) is 45.4 Å². The molecule has 2 heterocycles. The van der Waals surface area contributed by atoms with Gasteiger partial charge in [-0.05, 0) is 44.0 Å². The fourth-order valence-corrected chi connectivity index (χ4v) is 3.36. The van der Waals surface area contributed by atoms with E-state index in [1.807, 2.05) is 0 Å². The number of rotatable bonds is 4. The number of anilines is 1. The minimum Gasteiger partial charge on any atom is -0.385 e. The Hall–Kier alpha value is -1.39. The van der Waals surface area contributed by atoms with Gasteiger partial charge >= 0.3 is 0 Å². The maximum absolute atomic E-state index is 4.53. The molecule has 106 valence electrons. The van der Waals surface area contributed by atoms with Crippen molar-refractivity contribution in [2.75, 3.05) is 18.9 Å². The lowest BCUT2D eigenvalue weighted by Gasteiger charge is -2.20. The number of aryl methyl sites for hydroxylation is 2. The fourth-order valence-electron chi connectivity index (χ4n) is 2.75. The van der Waals surface area contributed by atoms with Gasteiger partial charge in [-0.1, -0.05) is 12.1 Å². The summed E-state index contributed by atoms with van der Waals surface area (Å²) in [6.45, 7) is 5.06. The molecule has 3 rings (SSSR count). The van der Waals surface area contributed by atoms with Crippen LogP contribution in [0.5, 0.6) is 0 Å². The number of hydrogen-bond donors (Lipinski definition) is 1. The molecule has 1 aliphatic heterocycles. The molecular formula is C16H21N3S. The molecule has 0 atom stereocenters. The van der Waals surface area contributed by atoms with E-state index >= 15 is 0 Å². The summed E-state index contributed by atoms with van der Waals surface area (Å²) in [5, 5.41) is 6.77. The Balaban J connectivity index is 1.65. The molecule has 0 unspecified atom stereocenters. The van der Waals surface area contributed by atoms with Crippen molar-refractivity contribution < 1.29 is 0 Å². The minimum atomic E-state index is 0.916. The molecule has 0 fully saturated rings. The van der Waals surface area contributed by atoms with Gasteiger partial charge in [-0.25, -0.2) is 4.98 Å². The van der Waals surface area contributed by atoms with E-state index in [-0.39, 0.29) is 0 Å². The highest BCUT2D eigenvalue weighted by atomic mass is 32.1. The number of hydrogen-bond acceptors (Lipinski definition) is 4. The summed E-state index contributed by atoms with van der Waals surface area (Å²) in [7, 11) is 2.16. The first-order valence-electron chi connectivity index (χ1n) is 7.16. The summed E-state index contributed by atoms with van der Waals surface area (Å²) >= 11 is 1.73. The molecule has 1 aliphatic rings. The average Bonchev–Trinajstić information content (AvgIpc) is 2.83. The second kappa shape index (κ2) is 5.94. The van der Waals surface area contributed by atoms with Gasteiger partial charge in [0.1, 0.15) is 0 Å². The lowest BCUT2D eigenvalue weighted by Crippen LogP contribution is -2.18. The molecule has 0 amide bonds. The summed E-state index contributed by atoms with van der Waals surface area (Å²) in [5.74, 6) is 0. The first kappa shape index (κ1) is 13.6. The average molecular weight is 287 g/mol. The maximum atomic E-state index is 4.53. The van der Waals surface area contributed by atoms with Crippen LogP contribution in [0.15, 0.2) is 23.6 Å². The van der Waals surface area contributed by atoms with Gasteiger partial charge in [0, 0.05) is 30.7 Å². The highest BCUT2D eigenvalue weighted by Crippen LogP contribution is 2.23. The van der Waals surface area contributed by atoms with E-state index in [2.05, 4.69) is 52.8 Å². The third kappa shape index (κ3) is 3.19. The standard InChI is InChI=1S/C16H21N3S/c1-12-18-15(11-20-12)10-19(2)9-13-5-6-16-14(8-13)4-3-7-17-16/h5-6,8,11,17H,3-4,7,9-10H2,1-2H3. The second-order valence-corrected chi connectivity index (χ2v) is 6.61. The van der Waals surface area contributed by atoms with Crippen LogP contribution in [0.4, 0.5) is 5.69 Å². The monoisotopic (exact) mass is 287 g/mol. The summed E-state index contributed by atoms with van der Waals surface area (Å²) in [6, 6.07) is 6.81. The van der Waals surface area contributed by atoms with E-state index in [0.717, 1.165) is 24.6 Å². The van der Waals surface area contributed by atoms with Crippen LogP contribution in [0, 0.1) is 6.92 Å². The first-order chi connectivity index (χ1) is 9.70. The molecule has 0 bridgehead atoms. The van der Waals surface area contributed by atoms with Gasteiger partial charge in [0.05, 0.1) is 10.7 Å². The minimum absolute atomic E-state index is 0.916. The predicted molar refractivity (Wildman–Crippen MR) is 85.3 cm³/mol. The zero-order valence-corrected chi connectivity index (χ0v) is 13.0. The zero-order chi connectivity index (χ0) is 13.9. The Morgan fingerprint density at radius 2 is 2.25 bits per heavy atom. The van der Waals surface area contributed by atoms with Crippen molar-refractivity contribution in [1.29, 1.82) is 0 Å². The van der Waals surface area contributed by atoms with Crippen LogP contribution in [-0.2, 0) is 19.5 Å². The fraction of sp³-hybridized carbons (Fsp3) is 0.438. The Morgan fingerprint density at radius 3 is 3.05 bits per heavy atom. The Bertz CT molecular complexity index is 591. The SMILES string of the molecule is Cc1nc(CN(C)Cc2ccc3c(c2)CCCN3)cs1. The molecular weight excluding hydrogens is 266 g/mol. The van der Waals surface area contributed by atoms with Crippen LogP contribution in [-0.4, -0.2) is 23.5 Å². The largest absolute Gasteiger partial charge is 0.385 e. The topological polar surface area (TPSA) is 28.2 Å². The van der Waals surface area contributed by atoms with E-state index in [1.165, 1.54) is 35.3 Å². The van der Waals surface area contributed by atoms with Crippen LogP contribution < -0.4 is 5.32 Å². The third-order valence-electron chi connectivity index (χ3n) is 3.66. The van der Waals surface area contributed by atoms with Gasteiger partial charge in [-0.15, -0.1) is 11.3 Å². The molecule has 2 aromatic rings. The molecule has 0 saturated carbocycles. The Morgan fingerprint density at radius 1 is 1.35 bits per heavy atom.